The molecule has 18 nitrogen and oxygen atoms in total. The number of hydrogen-bond donors (Lipinski definition) is 8. The van der Waals surface area contributed by atoms with E-state index in [9.17, 15) is 53.7 Å². The topological polar surface area (TPSA) is 276 Å². The summed E-state index contributed by atoms with van der Waals surface area (Å²) in [5.74, 6) is -2.43. The maximum absolute atomic E-state index is 14.1. The first-order chi connectivity index (χ1) is 37.9. The molecule has 18 heteroatoms. The predicted octanol–water partition coefficient (Wildman–Crippen LogP) is 10.9. The fraction of sp³-hybridized carbons (Fsp3) is 0.0164. The lowest BCUT2D eigenvalue weighted by Gasteiger charge is -2.14. The highest BCUT2D eigenvalue weighted by molar-refractivity contribution is 6.15. The summed E-state index contributed by atoms with van der Waals surface area (Å²) in [4.78, 5) is 104. The number of hydrogen-bond acceptors (Lipinski definition) is 10. The van der Waals surface area contributed by atoms with Crippen LogP contribution in [0.25, 0.3) is 0 Å². The number of carbonyl (C=O) groups excluding carboxylic acids is 5. The fourth-order valence-corrected chi connectivity index (χ4v) is 7.70. The Hall–Kier alpha value is -11.8. The highest BCUT2D eigenvalue weighted by Crippen LogP contribution is 2.30. The Bertz CT molecular complexity index is 3770. The van der Waals surface area contributed by atoms with Gasteiger partial charge in [0.05, 0.1) is 33.4 Å². The third-order valence-electron chi connectivity index (χ3n) is 11.6. The van der Waals surface area contributed by atoms with E-state index in [1.807, 2.05) is 0 Å². The van der Waals surface area contributed by atoms with Gasteiger partial charge in [0, 0.05) is 50.7 Å². The number of carboxylic acids is 3. The second-order valence-electron chi connectivity index (χ2n) is 17.1. The Morgan fingerprint density at radius 1 is 0.342 bits per heavy atom. The van der Waals surface area contributed by atoms with Gasteiger partial charge in [-0.3, -0.25) is 24.0 Å². The van der Waals surface area contributed by atoms with Crippen molar-refractivity contribution in [1.29, 1.82) is 0 Å². The first-order valence-electron chi connectivity index (χ1n) is 23.4. The number of amides is 5. The number of aromatic carboxylic acids is 3. The second-order valence-corrected chi connectivity index (χ2v) is 17.1. The molecular weight excluding hydrogens is 1010 g/mol. The molecule has 8 aromatic rings. The molecule has 0 aromatic heterocycles. The Kier molecular flexibility index (Phi) is 16.0. The molecule has 0 fully saturated rings. The molecule has 0 saturated carbocycles. The second kappa shape index (κ2) is 23.6. The van der Waals surface area contributed by atoms with Gasteiger partial charge in [-0.05, 0) is 171 Å². The summed E-state index contributed by atoms with van der Waals surface area (Å²) in [6.45, 7) is 1.74. The maximum atomic E-state index is 14.1. The summed E-state index contributed by atoms with van der Waals surface area (Å²) in [6, 6.07) is 40.4. The van der Waals surface area contributed by atoms with Gasteiger partial charge in [-0.15, -0.1) is 12.8 Å². The van der Waals surface area contributed by atoms with E-state index in [1.54, 1.807) is 85.8 Å². The van der Waals surface area contributed by atoms with Crippen molar-refractivity contribution in [1.82, 2.24) is 0 Å². The molecule has 0 atom stereocenters. The lowest BCUT2D eigenvalue weighted by molar-refractivity contribution is 0.0683. The number of anilines is 5. The van der Waals surface area contributed by atoms with Gasteiger partial charge in [0.2, 0.25) is 0 Å². The standard InChI is InChI=1S/C61H41N5O13/c1-4-35-7-11-39(12-8-35)62-54(67)37-29-38(55(68)63-40-13-9-36(5-2)10-14-40)31-43(30-37)66-58(71)53-33-47(24-27-50(53)61(76)77)79-46-23-26-49(60(74)75)52(32-46)57(70)65-42-17-21-45(22-18-42)78-44-19-15-41(16-20-44)64-56(69)51-28-34(3)6-25-48(51)59(72)73/h1-2,6-33H,3H3,(H,62,67)(H,63,68)(H,64,69)(H,65,70)(H,66,71)(H,72,73)(H,74,75)(H,76,77). The molecule has 0 unspecified atom stereocenters. The van der Waals surface area contributed by atoms with Crippen molar-refractivity contribution in [3.63, 3.8) is 0 Å². The van der Waals surface area contributed by atoms with Crippen LogP contribution in [-0.2, 0) is 0 Å². The van der Waals surface area contributed by atoms with E-state index >= 15 is 0 Å². The largest absolute Gasteiger partial charge is 0.478 e. The maximum Gasteiger partial charge on any atom is 0.336 e. The van der Waals surface area contributed by atoms with Crippen molar-refractivity contribution in [2.24, 2.45) is 0 Å². The van der Waals surface area contributed by atoms with Crippen LogP contribution in [0.5, 0.6) is 23.0 Å². The van der Waals surface area contributed by atoms with E-state index in [0.717, 1.165) is 24.3 Å². The minimum atomic E-state index is -1.49. The summed E-state index contributed by atoms with van der Waals surface area (Å²) < 4.78 is 11.9. The van der Waals surface area contributed by atoms with E-state index < -0.39 is 58.6 Å². The van der Waals surface area contributed by atoms with E-state index in [4.69, 9.17) is 22.3 Å². The number of aryl methyl sites for hydroxylation is 1. The molecule has 8 aromatic carbocycles. The molecule has 0 aliphatic heterocycles. The van der Waals surface area contributed by atoms with Gasteiger partial charge in [0.25, 0.3) is 29.5 Å². The van der Waals surface area contributed by atoms with Crippen molar-refractivity contribution in [3.8, 4) is 47.7 Å². The molecule has 5 amide bonds. The van der Waals surface area contributed by atoms with Crippen LogP contribution in [-0.4, -0.2) is 62.8 Å². The highest BCUT2D eigenvalue weighted by Gasteiger charge is 2.23. The molecule has 0 heterocycles. The zero-order valence-corrected chi connectivity index (χ0v) is 41.2. The fourth-order valence-electron chi connectivity index (χ4n) is 7.70. The third-order valence-corrected chi connectivity index (χ3v) is 11.6. The first kappa shape index (κ1) is 53.5. The Balaban J connectivity index is 0.969. The van der Waals surface area contributed by atoms with Crippen LogP contribution < -0.4 is 36.1 Å². The molecule has 0 bridgehead atoms. The van der Waals surface area contributed by atoms with Crippen LogP contribution in [0.4, 0.5) is 28.4 Å². The number of terminal acetylenes is 2. The molecule has 79 heavy (non-hydrogen) atoms. The van der Waals surface area contributed by atoms with Crippen molar-refractivity contribution in [2.45, 2.75) is 6.92 Å². The number of ether oxygens (including phenoxy) is 2. The normalized spacial score (nSPS) is 10.4. The monoisotopic (exact) mass is 1050 g/mol. The lowest BCUT2D eigenvalue weighted by Crippen LogP contribution is -2.19. The number of carboxylic acid groups (broad SMARTS) is 3. The highest BCUT2D eigenvalue weighted by atomic mass is 16.5. The number of benzene rings is 8. The van der Waals surface area contributed by atoms with Crippen LogP contribution >= 0.6 is 0 Å². The average Bonchev–Trinajstić information content (AvgIpc) is 3.48. The zero-order chi connectivity index (χ0) is 56.3. The lowest BCUT2D eigenvalue weighted by atomic mass is 10.0. The average molecular weight is 1050 g/mol. The molecule has 0 aliphatic carbocycles. The van der Waals surface area contributed by atoms with E-state index in [-0.39, 0.29) is 56.3 Å². The van der Waals surface area contributed by atoms with Crippen molar-refractivity contribution < 1.29 is 63.1 Å². The Labute approximate surface area is 449 Å². The summed E-state index contributed by atoms with van der Waals surface area (Å²) >= 11 is 0. The quantitative estimate of drug-likeness (QED) is 0.0395. The summed E-state index contributed by atoms with van der Waals surface area (Å²) in [7, 11) is 0. The predicted molar refractivity (Wildman–Crippen MR) is 293 cm³/mol. The van der Waals surface area contributed by atoms with Gasteiger partial charge in [0.15, 0.2) is 0 Å². The van der Waals surface area contributed by atoms with Crippen LogP contribution in [0.1, 0.15) is 99.6 Å². The minimum absolute atomic E-state index is 0.00510. The van der Waals surface area contributed by atoms with E-state index in [1.165, 1.54) is 66.7 Å². The summed E-state index contributed by atoms with van der Waals surface area (Å²) in [5.41, 5.74) is 1.28. The van der Waals surface area contributed by atoms with Gasteiger partial charge < -0.3 is 51.4 Å². The molecule has 0 aliphatic rings. The van der Waals surface area contributed by atoms with Crippen molar-refractivity contribution in [2.75, 3.05) is 26.6 Å². The third kappa shape index (κ3) is 13.3. The molecule has 8 rings (SSSR count). The van der Waals surface area contributed by atoms with Crippen molar-refractivity contribution in [3.05, 3.63) is 231 Å². The van der Waals surface area contributed by atoms with Gasteiger partial charge in [-0.2, -0.15) is 0 Å². The molecule has 0 radical (unpaired) electrons. The molecule has 0 spiro atoms. The molecular formula is C61H41N5O13. The first-order valence-corrected chi connectivity index (χ1v) is 23.4. The molecule has 8 N–H and O–H groups in total. The van der Waals surface area contributed by atoms with Gasteiger partial charge in [-0.25, -0.2) is 14.4 Å². The number of carbonyl (C=O) groups is 8. The van der Waals surface area contributed by atoms with Crippen molar-refractivity contribution >= 4 is 75.9 Å². The minimum Gasteiger partial charge on any atom is -0.478 e. The SMILES string of the molecule is C#Cc1ccc(NC(=O)c2cc(NC(=O)c3cc(Oc4ccc(C(=O)O)c(C(=O)Nc5ccc(Oc6ccc(NC(=O)c7cc(C)ccc7C(=O)O)cc6)cc5)c4)ccc3C(=O)O)cc(C(=O)Nc3ccc(C#C)cc3)c2)cc1. The Morgan fingerprint density at radius 2 is 0.646 bits per heavy atom. The van der Waals surface area contributed by atoms with Crippen LogP contribution in [0.2, 0.25) is 0 Å². The van der Waals surface area contributed by atoms with Crippen LogP contribution in [0, 0.1) is 31.6 Å². The van der Waals surface area contributed by atoms with Gasteiger partial charge >= 0.3 is 17.9 Å². The molecule has 388 valence electrons. The number of nitrogens with one attached hydrogen (secondary N) is 5. The zero-order valence-electron chi connectivity index (χ0n) is 41.2. The Morgan fingerprint density at radius 3 is 1.01 bits per heavy atom. The molecule has 0 saturated heterocycles. The van der Waals surface area contributed by atoms with Crippen LogP contribution in [0.3, 0.4) is 0 Å². The summed E-state index contributed by atoms with van der Waals surface area (Å²) in [5, 5.41) is 43.0. The van der Waals surface area contributed by atoms with E-state index in [2.05, 4.69) is 38.4 Å². The van der Waals surface area contributed by atoms with Crippen LogP contribution in [0.15, 0.2) is 170 Å². The summed E-state index contributed by atoms with van der Waals surface area (Å²) in [6.07, 6.45) is 10.9. The van der Waals surface area contributed by atoms with E-state index in [0.29, 0.717) is 45.3 Å². The van der Waals surface area contributed by atoms with Gasteiger partial charge in [0.1, 0.15) is 23.0 Å². The number of rotatable bonds is 17. The van der Waals surface area contributed by atoms with Gasteiger partial charge in [-0.1, -0.05) is 23.5 Å². The smallest absolute Gasteiger partial charge is 0.336 e.